The molecular weight excluding hydrogens is 284 g/mol. The number of hydrogen-bond donors (Lipinski definition) is 0. The first-order chi connectivity index (χ1) is 10.6. The molecule has 4 heteroatoms. The third-order valence-electron chi connectivity index (χ3n) is 4.35. The number of nitrogens with zero attached hydrogens (tertiary/aromatic N) is 4. The van der Waals surface area contributed by atoms with Crippen molar-refractivity contribution in [3.8, 4) is 0 Å². The molecule has 0 unspecified atom stereocenters. The molecule has 0 saturated carbocycles. The average molecular weight is 312 g/mol. The van der Waals surface area contributed by atoms with Gasteiger partial charge in [-0.3, -0.25) is 0 Å². The summed E-state index contributed by atoms with van der Waals surface area (Å²) >= 11 is 0. The molecule has 0 aliphatic carbocycles. The van der Waals surface area contributed by atoms with Gasteiger partial charge in [0.1, 0.15) is 11.6 Å². The quantitative estimate of drug-likeness (QED) is 0.853. The molecule has 0 spiro atoms. The summed E-state index contributed by atoms with van der Waals surface area (Å²) in [6, 6.07) is 0. The summed E-state index contributed by atoms with van der Waals surface area (Å²) < 4.78 is 0. The van der Waals surface area contributed by atoms with E-state index in [9.17, 15) is 0 Å². The molecule has 0 fully saturated rings. The molecule has 2 aromatic heterocycles. The molecule has 124 valence electrons. The molecule has 0 radical (unpaired) electrons. The van der Waals surface area contributed by atoms with Crippen molar-refractivity contribution in [3.63, 3.8) is 0 Å². The Morgan fingerprint density at radius 2 is 1.39 bits per heavy atom. The number of aryl methyl sites for hydroxylation is 3. The lowest BCUT2D eigenvalue weighted by atomic mass is 9.79. The van der Waals surface area contributed by atoms with Crippen LogP contribution in [0.3, 0.4) is 0 Å². The van der Waals surface area contributed by atoms with Crippen molar-refractivity contribution >= 4 is 0 Å². The minimum atomic E-state index is 0.0156. The molecule has 0 saturated heterocycles. The number of hydrogen-bond acceptors (Lipinski definition) is 4. The molecule has 0 aliphatic heterocycles. The summed E-state index contributed by atoms with van der Waals surface area (Å²) in [5.41, 5.74) is 3.64. The fraction of sp³-hybridized carbons (Fsp3) is 0.579. The van der Waals surface area contributed by atoms with Gasteiger partial charge in [-0.05, 0) is 48.6 Å². The highest BCUT2D eigenvalue weighted by Crippen LogP contribution is 2.30. The van der Waals surface area contributed by atoms with Gasteiger partial charge in [0, 0.05) is 24.3 Å². The summed E-state index contributed by atoms with van der Waals surface area (Å²) in [4.78, 5) is 17.8. The van der Waals surface area contributed by atoms with Gasteiger partial charge >= 0.3 is 0 Å². The lowest BCUT2D eigenvalue weighted by molar-refractivity contribution is 0.466. The molecule has 0 bridgehead atoms. The van der Waals surface area contributed by atoms with Crippen LogP contribution in [-0.4, -0.2) is 19.9 Å². The summed E-state index contributed by atoms with van der Waals surface area (Å²) in [6.07, 6.45) is 7.80. The zero-order valence-corrected chi connectivity index (χ0v) is 15.4. The number of rotatable bonds is 4. The summed E-state index contributed by atoms with van der Waals surface area (Å²) in [5, 5.41) is 0. The first-order valence-electron chi connectivity index (χ1n) is 8.22. The SMILES string of the molecule is Cc1ncc(C(C)(C)CCc2nc(C)ncc2C(C)(C)C)cn1. The van der Waals surface area contributed by atoms with Crippen molar-refractivity contribution in [3.05, 3.63) is 47.1 Å². The van der Waals surface area contributed by atoms with Crippen molar-refractivity contribution in [2.24, 2.45) is 0 Å². The van der Waals surface area contributed by atoms with Gasteiger partial charge < -0.3 is 0 Å². The Morgan fingerprint density at radius 1 is 0.826 bits per heavy atom. The largest absolute Gasteiger partial charge is 0.241 e. The fourth-order valence-corrected chi connectivity index (χ4v) is 2.65. The topological polar surface area (TPSA) is 51.6 Å². The Kier molecular flexibility index (Phi) is 4.83. The van der Waals surface area contributed by atoms with Crippen molar-refractivity contribution in [2.75, 3.05) is 0 Å². The van der Waals surface area contributed by atoms with Crippen molar-refractivity contribution in [2.45, 2.75) is 72.1 Å². The number of aromatic nitrogens is 4. The predicted octanol–water partition coefficient (Wildman–Crippen LogP) is 4.09. The second kappa shape index (κ2) is 6.34. The van der Waals surface area contributed by atoms with E-state index >= 15 is 0 Å². The van der Waals surface area contributed by atoms with Crippen LogP contribution in [0, 0.1) is 13.8 Å². The highest BCUT2D eigenvalue weighted by Gasteiger charge is 2.25. The van der Waals surface area contributed by atoms with Crippen LogP contribution in [0.2, 0.25) is 0 Å². The maximum absolute atomic E-state index is 4.71. The molecule has 4 nitrogen and oxygen atoms in total. The lowest BCUT2D eigenvalue weighted by Gasteiger charge is -2.27. The van der Waals surface area contributed by atoms with Crippen LogP contribution in [-0.2, 0) is 17.3 Å². The minimum Gasteiger partial charge on any atom is -0.241 e. The molecule has 0 amide bonds. The standard InChI is InChI=1S/C19H28N4/c1-13-20-10-15(11-21-13)19(6,7)9-8-17-16(18(3,4)5)12-22-14(2)23-17/h10-12H,8-9H2,1-7H3. The van der Waals surface area contributed by atoms with Crippen LogP contribution in [0.25, 0.3) is 0 Å². The third-order valence-corrected chi connectivity index (χ3v) is 4.35. The highest BCUT2D eigenvalue weighted by molar-refractivity contribution is 5.26. The van der Waals surface area contributed by atoms with E-state index in [0.717, 1.165) is 30.2 Å². The molecule has 0 aliphatic rings. The maximum atomic E-state index is 4.71. The fourth-order valence-electron chi connectivity index (χ4n) is 2.65. The second-order valence-electron chi connectivity index (χ2n) is 7.93. The Bertz CT molecular complexity index is 667. The van der Waals surface area contributed by atoms with Crippen LogP contribution in [0.5, 0.6) is 0 Å². The Labute approximate surface area is 139 Å². The van der Waals surface area contributed by atoms with Crippen molar-refractivity contribution in [1.29, 1.82) is 0 Å². The van der Waals surface area contributed by atoms with Gasteiger partial charge in [-0.15, -0.1) is 0 Å². The lowest BCUT2D eigenvalue weighted by Crippen LogP contribution is -2.22. The molecule has 2 heterocycles. The zero-order chi connectivity index (χ0) is 17.3. The normalized spacial score (nSPS) is 12.5. The summed E-state index contributed by atoms with van der Waals surface area (Å²) in [6.45, 7) is 15.0. The van der Waals surface area contributed by atoms with E-state index in [1.54, 1.807) is 0 Å². The van der Waals surface area contributed by atoms with E-state index in [1.165, 1.54) is 11.1 Å². The van der Waals surface area contributed by atoms with Gasteiger partial charge in [0.05, 0.1) is 0 Å². The van der Waals surface area contributed by atoms with Crippen molar-refractivity contribution < 1.29 is 0 Å². The Balaban J connectivity index is 2.23. The van der Waals surface area contributed by atoms with Crippen molar-refractivity contribution in [1.82, 2.24) is 19.9 Å². The highest BCUT2D eigenvalue weighted by atomic mass is 14.9. The maximum Gasteiger partial charge on any atom is 0.125 e. The monoisotopic (exact) mass is 312 g/mol. The minimum absolute atomic E-state index is 0.0156. The van der Waals surface area contributed by atoms with Gasteiger partial charge in [-0.2, -0.15) is 0 Å². The molecule has 0 atom stereocenters. The Hall–Kier alpha value is -1.84. The van der Waals surface area contributed by atoms with E-state index < -0.39 is 0 Å². The van der Waals surface area contributed by atoms with E-state index in [-0.39, 0.29) is 10.8 Å². The first-order valence-corrected chi connectivity index (χ1v) is 8.22. The molecule has 0 N–H and O–H groups in total. The predicted molar refractivity (Wildman–Crippen MR) is 93.6 cm³/mol. The van der Waals surface area contributed by atoms with Crippen LogP contribution in [0.15, 0.2) is 18.6 Å². The molecule has 2 rings (SSSR count). The Morgan fingerprint density at radius 3 is 1.96 bits per heavy atom. The summed E-state index contributed by atoms with van der Waals surface area (Å²) in [7, 11) is 0. The van der Waals surface area contributed by atoms with Gasteiger partial charge in [-0.1, -0.05) is 34.6 Å². The van der Waals surface area contributed by atoms with E-state index in [4.69, 9.17) is 4.98 Å². The molecule has 0 aromatic carbocycles. The smallest absolute Gasteiger partial charge is 0.125 e. The zero-order valence-electron chi connectivity index (χ0n) is 15.4. The summed E-state index contributed by atoms with van der Waals surface area (Å²) in [5.74, 6) is 1.65. The van der Waals surface area contributed by atoms with Crippen LogP contribution in [0.1, 0.15) is 69.5 Å². The van der Waals surface area contributed by atoms with Crippen LogP contribution < -0.4 is 0 Å². The van der Waals surface area contributed by atoms with Crippen LogP contribution >= 0.6 is 0 Å². The second-order valence-corrected chi connectivity index (χ2v) is 7.93. The van der Waals surface area contributed by atoms with E-state index in [2.05, 4.69) is 49.6 Å². The van der Waals surface area contributed by atoms with Gasteiger partial charge in [0.2, 0.25) is 0 Å². The molecule has 23 heavy (non-hydrogen) atoms. The third kappa shape index (κ3) is 4.34. The van der Waals surface area contributed by atoms with E-state index in [1.807, 2.05) is 32.4 Å². The molecular formula is C19H28N4. The van der Waals surface area contributed by atoms with Gasteiger partial charge in [0.25, 0.3) is 0 Å². The van der Waals surface area contributed by atoms with Gasteiger partial charge in [0.15, 0.2) is 0 Å². The van der Waals surface area contributed by atoms with E-state index in [0.29, 0.717) is 0 Å². The average Bonchev–Trinajstić information content (AvgIpc) is 2.44. The van der Waals surface area contributed by atoms with Crippen LogP contribution in [0.4, 0.5) is 0 Å². The van der Waals surface area contributed by atoms with Gasteiger partial charge in [-0.25, -0.2) is 19.9 Å². The first kappa shape index (κ1) is 17.5. The molecule has 2 aromatic rings.